The van der Waals surface area contributed by atoms with Gasteiger partial charge in [0.15, 0.2) is 0 Å². The number of rotatable bonds is 4. The molecule has 0 saturated carbocycles. The molecule has 0 atom stereocenters. The van der Waals surface area contributed by atoms with Gasteiger partial charge in [0.05, 0.1) is 4.34 Å². The van der Waals surface area contributed by atoms with Crippen LogP contribution in [0.5, 0.6) is 0 Å². The molecule has 102 valence electrons. The maximum Gasteiger partial charge on any atom is 0.252 e. The van der Waals surface area contributed by atoms with Gasteiger partial charge >= 0.3 is 0 Å². The second kappa shape index (κ2) is 5.93. The average molecular weight is 381 g/mol. The van der Waals surface area contributed by atoms with Crippen LogP contribution in [0.25, 0.3) is 0 Å². The first-order valence-corrected chi connectivity index (χ1v) is 8.78. The van der Waals surface area contributed by atoms with Crippen molar-refractivity contribution in [1.29, 1.82) is 0 Å². The molecule has 0 N–H and O–H groups in total. The first kappa shape index (κ1) is 15.0. The topological polar surface area (TPSA) is 37.4 Å². The van der Waals surface area contributed by atoms with Gasteiger partial charge in [0, 0.05) is 18.1 Å². The quantitative estimate of drug-likeness (QED) is 0.804. The fourth-order valence-corrected chi connectivity index (χ4v) is 4.64. The molecule has 0 saturated heterocycles. The number of halogens is 2. The van der Waals surface area contributed by atoms with Crippen molar-refractivity contribution >= 4 is 48.9 Å². The summed E-state index contributed by atoms with van der Waals surface area (Å²) in [5.41, 5.74) is 0.928. The molecule has 0 amide bonds. The van der Waals surface area contributed by atoms with Crippen molar-refractivity contribution in [1.82, 2.24) is 4.31 Å². The maximum absolute atomic E-state index is 12.3. The predicted molar refractivity (Wildman–Crippen MR) is 82.1 cm³/mol. The molecule has 1 aromatic carbocycles. The molecular formula is C12H11BrClNO2S2. The molecule has 1 aromatic heterocycles. The van der Waals surface area contributed by atoms with Gasteiger partial charge in [-0.2, -0.15) is 4.31 Å². The molecule has 0 spiro atoms. The Morgan fingerprint density at radius 2 is 1.84 bits per heavy atom. The van der Waals surface area contributed by atoms with Gasteiger partial charge in [0.1, 0.15) is 4.21 Å². The molecular weight excluding hydrogens is 370 g/mol. The van der Waals surface area contributed by atoms with Crippen molar-refractivity contribution in [3.63, 3.8) is 0 Å². The number of hydrogen-bond acceptors (Lipinski definition) is 3. The van der Waals surface area contributed by atoms with E-state index in [1.165, 1.54) is 10.4 Å². The summed E-state index contributed by atoms with van der Waals surface area (Å²) in [4.78, 5) is 0. The van der Waals surface area contributed by atoms with Gasteiger partial charge in [-0.25, -0.2) is 8.42 Å². The number of hydrogen-bond donors (Lipinski definition) is 0. The number of nitrogens with zero attached hydrogens (tertiary/aromatic N) is 1. The molecule has 0 aliphatic rings. The van der Waals surface area contributed by atoms with Crippen LogP contribution in [0.3, 0.4) is 0 Å². The van der Waals surface area contributed by atoms with Crippen LogP contribution in [0.2, 0.25) is 4.34 Å². The standard InChI is InChI=1S/C12H11BrClNO2S2/c1-15(8-9-2-4-10(13)5-3-9)19(16,17)12-7-6-11(14)18-12/h2-7H,8H2,1H3. The van der Waals surface area contributed by atoms with E-state index in [1.54, 1.807) is 13.1 Å². The monoisotopic (exact) mass is 379 g/mol. The summed E-state index contributed by atoms with van der Waals surface area (Å²) in [6.45, 7) is 0.325. The van der Waals surface area contributed by atoms with Crippen LogP contribution in [-0.2, 0) is 16.6 Å². The lowest BCUT2D eigenvalue weighted by Crippen LogP contribution is -2.25. The van der Waals surface area contributed by atoms with E-state index >= 15 is 0 Å². The van der Waals surface area contributed by atoms with E-state index in [2.05, 4.69) is 15.9 Å². The lowest BCUT2D eigenvalue weighted by molar-refractivity contribution is 0.468. The fraction of sp³-hybridized carbons (Fsp3) is 0.167. The molecule has 2 aromatic rings. The zero-order chi connectivity index (χ0) is 14.0. The van der Waals surface area contributed by atoms with E-state index in [4.69, 9.17) is 11.6 Å². The lowest BCUT2D eigenvalue weighted by atomic mass is 10.2. The summed E-state index contributed by atoms with van der Waals surface area (Å²) in [6.07, 6.45) is 0. The van der Waals surface area contributed by atoms with E-state index in [-0.39, 0.29) is 4.21 Å². The van der Waals surface area contributed by atoms with Gasteiger partial charge < -0.3 is 0 Å². The number of sulfonamides is 1. The van der Waals surface area contributed by atoms with Crippen LogP contribution in [0.15, 0.2) is 45.1 Å². The zero-order valence-corrected chi connectivity index (χ0v) is 14.0. The first-order chi connectivity index (χ1) is 8.89. The Morgan fingerprint density at radius 3 is 2.37 bits per heavy atom. The Balaban J connectivity index is 2.19. The molecule has 0 aliphatic carbocycles. The smallest absolute Gasteiger partial charge is 0.206 e. The van der Waals surface area contributed by atoms with E-state index in [0.29, 0.717) is 10.9 Å². The minimum absolute atomic E-state index is 0.261. The minimum atomic E-state index is -3.47. The summed E-state index contributed by atoms with van der Waals surface area (Å²) in [5.74, 6) is 0. The number of thiophene rings is 1. The third-order valence-corrected chi connectivity index (χ3v) is 6.56. The molecule has 0 bridgehead atoms. The molecule has 7 heteroatoms. The van der Waals surface area contributed by atoms with Crippen molar-refractivity contribution in [2.45, 2.75) is 10.8 Å². The number of benzene rings is 1. The fourth-order valence-electron chi connectivity index (χ4n) is 1.52. The molecule has 0 fully saturated rings. The van der Waals surface area contributed by atoms with Crippen LogP contribution in [0.1, 0.15) is 5.56 Å². The Kier molecular flexibility index (Phi) is 4.68. The Bertz CT molecular complexity index is 667. The predicted octanol–water partition coefficient (Wildman–Crippen LogP) is 3.98. The van der Waals surface area contributed by atoms with Crippen molar-refractivity contribution in [3.05, 3.63) is 50.8 Å². The van der Waals surface area contributed by atoms with E-state index in [1.807, 2.05) is 24.3 Å². The normalized spacial score (nSPS) is 12.0. The van der Waals surface area contributed by atoms with Gasteiger partial charge in [-0.1, -0.05) is 39.7 Å². The molecule has 0 unspecified atom stereocenters. The van der Waals surface area contributed by atoms with E-state index in [0.717, 1.165) is 21.4 Å². The van der Waals surface area contributed by atoms with Gasteiger partial charge in [0.2, 0.25) is 0 Å². The molecule has 2 rings (SSSR count). The summed E-state index contributed by atoms with van der Waals surface area (Å²) >= 11 is 10.2. The molecule has 3 nitrogen and oxygen atoms in total. The van der Waals surface area contributed by atoms with Crippen LogP contribution in [0.4, 0.5) is 0 Å². The van der Waals surface area contributed by atoms with Crippen molar-refractivity contribution < 1.29 is 8.42 Å². The maximum atomic E-state index is 12.3. The second-order valence-corrected chi connectivity index (χ2v) is 8.85. The van der Waals surface area contributed by atoms with Crippen LogP contribution in [-0.4, -0.2) is 19.8 Å². The molecule has 1 heterocycles. The third-order valence-electron chi connectivity index (χ3n) is 2.53. The van der Waals surface area contributed by atoms with Crippen molar-refractivity contribution in [2.75, 3.05) is 7.05 Å². The van der Waals surface area contributed by atoms with Crippen molar-refractivity contribution in [2.24, 2.45) is 0 Å². The summed E-state index contributed by atoms with van der Waals surface area (Å²) in [7, 11) is -1.91. The molecule has 0 radical (unpaired) electrons. The molecule has 19 heavy (non-hydrogen) atoms. The molecule has 0 aliphatic heterocycles. The van der Waals surface area contributed by atoms with Gasteiger partial charge in [-0.05, 0) is 29.8 Å². The highest BCUT2D eigenvalue weighted by atomic mass is 79.9. The minimum Gasteiger partial charge on any atom is -0.206 e. The Labute approximate surface area is 130 Å². The highest BCUT2D eigenvalue weighted by molar-refractivity contribution is 9.10. The van der Waals surface area contributed by atoms with Gasteiger partial charge in [-0.3, -0.25) is 0 Å². The zero-order valence-electron chi connectivity index (χ0n) is 10.0. The summed E-state index contributed by atoms with van der Waals surface area (Å²) in [6, 6.07) is 10.7. The highest BCUT2D eigenvalue weighted by Crippen LogP contribution is 2.28. The SMILES string of the molecule is CN(Cc1ccc(Br)cc1)S(=O)(=O)c1ccc(Cl)s1. The van der Waals surface area contributed by atoms with Crippen LogP contribution in [0, 0.1) is 0 Å². The third kappa shape index (κ3) is 3.58. The van der Waals surface area contributed by atoms with Crippen molar-refractivity contribution in [3.8, 4) is 0 Å². The highest BCUT2D eigenvalue weighted by Gasteiger charge is 2.22. The van der Waals surface area contributed by atoms with Crippen LogP contribution < -0.4 is 0 Å². The average Bonchev–Trinajstić information content (AvgIpc) is 2.79. The first-order valence-electron chi connectivity index (χ1n) is 5.36. The largest absolute Gasteiger partial charge is 0.252 e. The Hall–Kier alpha value is -0.400. The lowest BCUT2D eigenvalue weighted by Gasteiger charge is -2.16. The summed E-state index contributed by atoms with van der Waals surface area (Å²) < 4.78 is 27.6. The second-order valence-electron chi connectivity index (χ2n) is 3.95. The van der Waals surface area contributed by atoms with Gasteiger partial charge in [0.25, 0.3) is 10.0 Å². The van der Waals surface area contributed by atoms with Gasteiger partial charge in [-0.15, -0.1) is 11.3 Å². The summed E-state index contributed by atoms with van der Waals surface area (Å²) in [5, 5.41) is 0. The van der Waals surface area contributed by atoms with E-state index in [9.17, 15) is 8.42 Å². The van der Waals surface area contributed by atoms with E-state index < -0.39 is 10.0 Å². The Morgan fingerprint density at radius 1 is 1.21 bits per heavy atom. The van der Waals surface area contributed by atoms with Crippen LogP contribution >= 0.6 is 38.9 Å².